The average molecular weight is 389 g/mol. The predicted octanol–water partition coefficient (Wildman–Crippen LogP) is 4.86. The number of ether oxygens (including phenoxy) is 1. The first-order valence-electron chi connectivity index (χ1n) is 8.87. The Bertz CT molecular complexity index is 1230. The predicted molar refractivity (Wildman–Crippen MR) is 108 cm³/mol. The number of halogens is 1. The van der Waals surface area contributed by atoms with Gasteiger partial charge in [0.15, 0.2) is 5.43 Å². The first-order valence-corrected chi connectivity index (χ1v) is 8.87. The molecule has 0 amide bonds. The van der Waals surface area contributed by atoms with Crippen molar-refractivity contribution in [2.24, 2.45) is 5.16 Å². The van der Waals surface area contributed by atoms with Gasteiger partial charge in [0.1, 0.15) is 35.2 Å². The molecular formula is C23H16FNO4. The molecule has 0 aliphatic heterocycles. The van der Waals surface area contributed by atoms with E-state index in [9.17, 15) is 14.4 Å². The molecule has 0 aliphatic carbocycles. The number of oxime groups is 1. The molecule has 4 rings (SSSR count). The summed E-state index contributed by atoms with van der Waals surface area (Å²) in [6.07, 6.45) is 0. The van der Waals surface area contributed by atoms with Gasteiger partial charge >= 0.3 is 0 Å². The molecule has 0 radical (unpaired) electrons. The molecule has 0 saturated heterocycles. The number of hydrogen-bond acceptors (Lipinski definition) is 5. The molecule has 4 aromatic rings. The quantitative estimate of drug-likeness (QED) is 0.301. The van der Waals surface area contributed by atoms with Gasteiger partial charge in [0.05, 0.1) is 5.39 Å². The zero-order valence-electron chi connectivity index (χ0n) is 15.2. The van der Waals surface area contributed by atoms with E-state index in [2.05, 4.69) is 5.16 Å². The van der Waals surface area contributed by atoms with Crippen LogP contribution in [0.4, 0.5) is 4.39 Å². The molecule has 0 fully saturated rings. The van der Waals surface area contributed by atoms with Crippen molar-refractivity contribution in [2.45, 2.75) is 0 Å². The van der Waals surface area contributed by atoms with E-state index >= 15 is 0 Å². The Morgan fingerprint density at radius 3 is 2.48 bits per heavy atom. The van der Waals surface area contributed by atoms with Crippen LogP contribution in [0.3, 0.4) is 0 Å². The highest BCUT2D eigenvalue weighted by Crippen LogP contribution is 2.25. The fourth-order valence-corrected chi connectivity index (χ4v) is 2.93. The van der Waals surface area contributed by atoms with Crippen LogP contribution in [0.1, 0.15) is 5.56 Å². The Hall–Kier alpha value is -3.93. The van der Waals surface area contributed by atoms with E-state index in [1.807, 2.05) is 30.3 Å². The SMILES string of the molecule is O=c1cc(-c2ccccc2)oc2cc(OC/C(=N/O)c3ccc(F)cc3)ccc12. The van der Waals surface area contributed by atoms with Gasteiger partial charge in [-0.05, 0) is 36.4 Å². The van der Waals surface area contributed by atoms with Gasteiger partial charge in [-0.1, -0.05) is 35.5 Å². The molecule has 5 nitrogen and oxygen atoms in total. The van der Waals surface area contributed by atoms with Gasteiger partial charge in [-0.25, -0.2) is 4.39 Å². The number of fused-ring (bicyclic) bond motifs is 1. The highest BCUT2D eigenvalue weighted by atomic mass is 19.1. The maximum atomic E-state index is 13.1. The molecule has 6 heteroatoms. The topological polar surface area (TPSA) is 72.0 Å². The van der Waals surface area contributed by atoms with Crippen LogP contribution in [0.5, 0.6) is 5.75 Å². The van der Waals surface area contributed by atoms with Gasteiger partial charge in [0.2, 0.25) is 0 Å². The smallest absolute Gasteiger partial charge is 0.193 e. The Morgan fingerprint density at radius 2 is 1.76 bits per heavy atom. The second-order valence-electron chi connectivity index (χ2n) is 6.34. The van der Waals surface area contributed by atoms with E-state index < -0.39 is 0 Å². The molecule has 1 heterocycles. The maximum Gasteiger partial charge on any atom is 0.193 e. The van der Waals surface area contributed by atoms with E-state index in [4.69, 9.17) is 9.15 Å². The molecule has 0 spiro atoms. The van der Waals surface area contributed by atoms with Crippen LogP contribution in [0.15, 0.2) is 93.2 Å². The van der Waals surface area contributed by atoms with Crippen LogP contribution in [0.2, 0.25) is 0 Å². The summed E-state index contributed by atoms with van der Waals surface area (Å²) >= 11 is 0. The highest BCUT2D eigenvalue weighted by Gasteiger charge is 2.10. The summed E-state index contributed by atoms with van der Waals surface area (Å²) in [5, 5.41) is 12.9. The number of hydrogen-bond donors (Lipinski definition) is 1. The van der Waals surface area contributed by atoms with Crippen LogP contribution in [0.25, 0.3) is 22.3 Å². The normalized spacial score (nSPS) is 11.6. The fraction of sp³-hybridized carbons (Fsp3) is 0.0435. The summed E-state index contributed by atoms with van der Waals surface area (Å²) in [7, 11) is 0. The zero-order chi connectivity index (χ0) is 20.2. The second-order valence-corrected chi connectivity index (χ2v) is 6.34. The largest absolute Gasteiger partial charge is 0.487 e. The fourth-order valence-electron chi connectivity index (χ4n) is 2.93. The van der Waals surface area contributed by atoms with Crippen molar-refractivity contribution in [3.63, 3.8) is 0 Å². The van der Waals surface area contributed by atoms with Crippen molar-refractivity contribution in [1.82, 2.24) is 0 Å². The lowest BCUT2D eigenvalue weighted by molar-refractivity contribution is 0.308. The van der Waals surface area contributed by atoms with Crippen LogP contribution < -0.4 is 10.2 Å². The Balaban J connectivity index is 1.61. The third-order valence-electron chi connectivity index (χ3n) is 4.43. The van der Waals surface area contributed by atoms with Crippen molar-refractivity contribution in [1.29, 1.82) is 0 Å². The highest BCUT2D eigenvalue weighted by molar-refractivity contribution is 6.01. The monoisotopic (exact) mass is 389 g/mol. The second kappa shape index (κ2) is 7.98. The van der Waals surface area contributed by atoms with Crippen molar-refractivity contribution >= 4 is 16.7 Å². The zero-order valence-corrected chi connectivity index (χ0v) is 15.2. The van der Waals surface area contributed by atoms with Crippen molar-refractivity contribution in [3.8, 4) is 17.1 Å². The van der Waals surface area contributed by atoms with Gasteiger partial charge in [-0.15, -0.1) is 0 Å². The third kappa shape index (κ3) is 4.01. The van der Waals surface area contributed by atoms with Crippen molar-refractivity contribution in [3.05, 3.63) is 100 Å². The molecule has 3 aromatic carbocycles. The molecule has 29 heavy (non-hydrogen) atoms. The summed E-state index contributed by atoms with van der Waals surface area (Å²) in [5.41, 5.74) is 1.81. The molecule has 1 N–H and O–H groups in total. The Labute approximate surface area is 165 Å². The van der Waals surface area contributed by atoms with Crippen LogP contribution in [-0.4, -0.2) is 17.5 Å². The summed E-state index contributed by atoms with van der Waals surface area (Å²) in [5.74, 6) is 0.518. The van der Waals surface area contributed by atoms with Crippen molar-refractivity contribution in [2.75, 3.05) is 6.61 Å². The average Bonchev–Trinajstić information content (AvgIpc) is 2.75. The molecule has 0 aliphatic rings. The van der Waals surface area contributed by atoms with E-state index in [0.29, 0.717) is 28.0 Å². The standard InChI is InChI=1S/C23H16FNO4/c24-17-8-6-15(7-9-17)20(25-27)14-28-18-10-11-19-21(26)13-22(29-23(19)12-18)16-4-2-1-3-5-16/h1-13,27H,14H2/b25-20-. The van der Waals surface area contributed by atoms with E-state index in [-0.39, 0.29) is 23.6 Å². The van der Waals surface area contributed by atoms with Gasteiger partial charge in [0, 0.05) is 23.3 Å². The summed E-state index contributed by atoms with van der Waals surface area (Å²) in [6.45, 7) is -0.0454. The summed E-state index contributed by atoms with van der Waals surface area (Å²) in [6, 6.07) is 21.2. The minimum absolute atomic E-state index is 0.0454. The van der Waals surface area contributed by atoms with Crippen molar-refractivity contribution < 1.29 is 18.8 Å². The maximum absolute atomic E-state index is 13.1. The lowest BCUT2D eigenvalue weighted by Crippen LogP contribution is -2.13. The Morgan fingerprint density at radius 1 is 1.00 bits per heavy atom. The number of nitrogens with zero attached hydrogens (tertiary/aromatic N) is 1. The lowest BCUT2D eigenvalue weighted by atomic mass is 10.1. The first-order chi connectivity index (χ1) is 14.1. The molecule has 0 unspecified atom stereocenters. The van der Waals surface area contributed by atoms with Gasteiger partial charge < -0.3 is 14.4 Å². The van der Waals surface area contributed by atoms with E-state index in [0.717, 1.165) is 5.56 Å². The third-order valence-corrected chi connectivity index (χ3v) is 4.43. The summed E-state index contributed by atoms with van der Waals surface area (Å²) in [4.78, 5) is 12.4. The Kier molecular flexibility index (Phi) is 5.07. The molecule has 0 bridgehead atoms. The van der Waals surface area contributed by atoms with Gasteiger partial charge in [-0.3, -0.25) is 4.79 Å². The van der Waals surface area contributed by atoms with E-state index in [1.54, 1.807) is 18.2 Å². The summed E-state index contributed by atoms with van der Waals surface area (Å²) < 4.78 is 24.7. The van der Waals surface area contributed by atoms with Crippen LogP contribution >= 0.6 is 0 Å². The number of benzene rings is 3. The first kappa shape index (κ1) is 18.4. The lowest BCUT2D eigenvalue weighted by Gasteiger charge is -2.09. The van der Waals surface area contributed by atoms with Gasteiger partial charge in [0.25, 0.3) is 0 Å². The molecule has 1 aromatic heterocycles. The molecule has 0 saturated carbocycles. The molecule has 0 atom stereocenters. The molecule has 144 valence electrons. The minimum atomic E-state index is -0.384. The number of rotatable bonds is 5. The minimum Gasteiger partial charge on any atom is -0.487 e. The molecular weight excluding hydrogens is 373 g/mol. The van der Waals surface area contributed by atoms with Crippen LogP contribution in [0, 0.1) is 5.82 Å². The van der Waals surface area contributed by atoms with E-state index in [1.165, 1.54) is 30.3 Å². The van der Waals surface area contributed by atoms with Crippen LogP contribution in [-0.2, 0) is 0 Å². The van der Waals surface area contributed by atoms with Gasteiger partial charge in [-0.2, -0.15) is 0 Å².